The fourth-order valence-electron chi connectivity index (χ4n) is 4.33. The molecule has 2 aromatic heterocycles. The zero-order valence-corrected chi connectivity index (χ0v) is 25.2. The van der Waals surface area contributed by atoms with E-state index >= 15 is 0 Å². The van der Waals surface area contributed by atoms with Crippen LogP contribution in [0, 0.1) is 21.7 Å². The monoisotopic (exact) mass is 655 g/mol. The summed E-state index contributed by atoms with van der Waals surface area (Å²) in [5.41, 5.74) is 0.121. The summed E-state index contributed by atoms with van der Waals surface area (Å²) in [5.74, 6) is -3.98. The van der Waals surface area contributed by atoms with Crippen molar-refractivity contribution >= 4 is 45.8 Å². The average Bonchev–Trinajstić information content (AvgIpc) is 3.39. The molecule has 0 unspecified atom stereocenters. The first-order chi connectivity index (χ1) is 22.0. The number of nitro benzene ring substituents is 1. The number of carbonyl (C=O) groups excluding carboxylic acids is 2. The number of ether oxygens (including phenoxy) is 2. The van der Waals surface area contributed by atoms with Crippen LogP contribution in [0.25, 0.3) is 10.4 Å². The number of nitrogens with one attached hydrogen (secondary N) is 2. The predicted octanol–water partition coefficient (Wildman–Crippen LogP) is 5.59. The number of benzene rings is 2. The number of non-ortho nitro benzene ring substituents is 1. The predicted molar refractivity (Wildman–Crippen MR) is 164 cm³/mol. The molecule has 0 saturated carbocycles. The number of carboxylic acids is 1. The molecular formula is C30H27F2N5O8S. The van der Waals surface area contributed by atoms with E-state index in [2.05, 4.69) is 15.6 Å². The number of aliphatic carboxylic acids is 1. The molecule has 0 aliphatic carbocycles. The van der Waals surface area contributed by atoms with Crippen LogP contribution >= 0.6 is 11.3 Å². The average molecular weight is 656 g/mol. The summed E-state index contributed by atoms with van der Waals surface area (Å²) in [7, 11) is 1.61. The second-order valence-corrected chi connectivity index (χ2v) is 10.4. The Labute approximate surface area is 264 Å². The smallest absolute Gasteiger partial charge is 0.415 e. The summed E-state index contributed by atoms with van der Waals surface area (Å²) in [6.07, 6.45) is -0.992. The Balaban J connectivity index is 1.90. The molecule has 3 N–H and O–H groups in total. The van der Waals surface area contributed by atoms with E-state index in [1.807, 2.05) is 0 Å². The molecule has 0 aliphatic rings. The lowest BCUT2D eigenvalue weighted by molar-refractivity contribution is -0.384. The molecule has 2 heterocycles. The highest BCUT2D eigenvalue weighted by Gasteiger charge is 2.32. The van der Waals surface area contributed by atoms with E-state index < -0.39 is 53.2 Å². The fraction of sp³-hybridized carbons (Fsp3) is 0.200. The molecule has 0 saturated heterocycles. The van der Waals surface area contributed by atoms with Crippen LogP contribution < -0.4 is 20.3 Å². The van der Waals surface area contributed by atoms with Gasteiger partial charge in [0.05, 0.1) is 23.6 Å². The quantitative estimate of drug-likeness (QED) is 0.122. The number of halogens is 2. The van der Waals surface area contributed by atoms with E-state index in [-0.39, 0.29) is 41.1 Å². The van der Waals surface area contributed by atoms with Crippen LogP contribution in [0.4, 0.5) is 30.1 Å². The van der Waals surface area contributed by atoms with Gasteiger partial charge in [-0.25, -0.2) is 18.4 Å². The van der Waals surface area contributed by atoms with Crippen LogP contribution in [0.1, 0.15) is 28.4 Å². The second kappa shape index (κ2) is 15.0. The Bertz CT molecular complexity index is 1750. The lowest BCUT2D eigenvalue weighted by atomic mass is 10.0. The molecule has 0 spiro atoms. The van der Waals surface area contributed by atoms with Gasteiger partial charge in [0.1, 0.15) is 22.5 Å². The molecule has 2 amide bonds. The van der Waals surface area contributed by atoms with Gasteiger partial charge in [0.25, 0.3) is 11.6 Å². The number of nitro groups is 1. The Hall–Kier alpha value is -5.48. The van der Waals surface area contributed by atoms with E-state index in [1.54, 1.807) is 14.0 Å². The zero-order valence-electron chi connectivity index (χ0n) is 24.4. The third kappa shape index (κ3) is 7.77. The maximum Gasteiger partial charge on any atom is 0.415 e. The third-order valence-electron chi connectivity index (χ3n) is 6.33. The van der Waals surface area contributed by atoms with Crippen LogP contribution in [0.2, 0.25) is 0 Å². The number of thiophene rings is 1. The van der Waals surface area contributed by atoms with E-state index in [0.29, 0.717) is 16.0 Å². The number of anilines is 2. The van der Waals surface area contributed by atoms with E-state index in [9.17, 15) is 33.3 Å². The molecule has 16 heteroatoms. The van der Waals surface area contributed by atoms with Crippen LogP contribution in [0.5, 0.6) is 5.88 Å². The van der Waals surface area contributed by atoms with Gasteiger partial charge in [-0.05, 0) is 55.4 Å². The Morgan fingerprint density at radius 3 is 2.33 bits per heavy atom. The molecule has 240 valence electrons. The standard InChI is InChI=1S/C30H27F2N5O8S/c1-3-44-30(41)36(15-20-21(31)6-4-7-22(20)32)29-26(28(40)35-23-8-5-9-24(34-23)45-16-25(38)39)19(14-33-2)27(46-29)17-10-12-18(13-11-17)37(42)43/h4-13,33H,3,14-16H2,1-2H3,(H,38,39)(H,34,35,40). The highest BCUT2D eigenvalue weighted by molar-refractivity contribution is 7.20. The molecule has 4 rings (SSSR count). The van der Waals surface area contributed by atoms with E-state index in [1.165, 1.54) is 48.5 Å². The summed E-state index contributed by atoms with van der Waals surface area (Å²) in [5, 5.41) is 25.7. The molecular weight excluding hydrogens is 628 g/mol. The first-order valence-corrected chi connectivity index (χ1v) is 14.4. The number of nitrogens with zero attached hydrogens (tertiary/aromatic N) is 3. The van der Waals surface area contributed by atoms with Gasteiger partial charge in [-0.1, -0.05) is 12.1 Å². The number of hydrogen-bond donors (Lipinski definition) is 3. The Kier molecular flexibility index (Phi) is 10.9. The van der Waals surface area contributed by atoms with E-state index in [4.69, 9.17) is 14.6 Å². The van der Waals surface area contributed by atoms with Gasteiger partial charge in [-0.2, -0.15) is 4.98 Å². The maximum absolute atomic E-state index is 14.8. The van der Waals surface area contributed by atoms with Crippen molar-refractivity contribution in [1.29, 1.82) is 0 Å². The third-order valence-corrected chi connectivity index (χ3v) is 7.63. The number of rotatable bonds is 13. The van der Waals surface area contributed by atoms with Gasteiger partial charge in [0.15, 0.2) is 6.61 Å². The van der Waals surface area contributed by atoms with Crippen molar-refractivity contribution in [2.75, 3.05) is 30.5 Å². The van der Waals surface area contributed by atoms with Crippen molar-refractivity contribution in [3.05, 3.63) is 99.1 Å². The lowest BCUT2D eigenvalue weighted by Gasteiger charge is -2.22. The largest absolute Gasteiger partial charge is 0.479 e. The van der Waals surface area contributed by atoms with Gasteiger partial charge in [0.2, 0.25) is 5.88 Å². The first-order valence-electron chi connectivity index (χ1n) is 13.6. The van der Waals surface area contributed by atoms with Crippen molar-refractivity contribution in [2.45, 2.75) is 20.0 Å². The van der Waals surface area contributed by atoms with Gasteiger partial charge < -0.3 is 25.2 Å². The molecule has 0 bridgehead atoms. The summed E-state index contributed by atoms with van der Waals surface area (Å²) in [6.45, 7) is 0.194. The number of pyridine rings is 1. The number of amides is 2. The maximum atomic E-state index is 14.8. The first kappa shape index (κ1) is 33.4. The lowest BCUT2D eigenvalue weighted by Crippen LogP contribution is -2.33. The minimum absolute atomic E-state index is 0.0276. The van der Waals surface area contributed by atoms with Gasteiger partial charge in [-0.3, -0.25) is 19.8 Å². The number of carboxylic acid groups (broad SMARTS) is 1. The molecule has 46 heavy (non-hydrogen) atoms. The number of aromatic nitrogens is 1. The second-order valence-electron chi connectivity index (χ2n) is 9.41. The van der Waals surface area contributed by atoms with Gasteiger partial charge in [-0.15, -0.1) is 11.3 Å². The zero-order chi connectivity index (χ0) is 33.4. The number of carbonyl (C=O) groups is 3. The van der Waals surface area contributed by atoms with Crippen molar-refractivity contribution in [3.63, 3.8) is 0 Å². The van der Waals surface area contributed by atoms with Crippen molar-refractivity contribution in [2.24, 2.45) is 0 Å². The Morgan fingerprint density at radius 1 is 1.04 bits per heavy atom. The van der Waals surface area contributed by atoms with Crippen LogP contribution in [0.15, 0.2) is 60.7 Å². The molecule has 0 radical (unpaired) electrons. The Morgan fingerprint density at radius 2 is 1.72 bits per heavy atom. The summed E-state index contributed by atoms with van der Waals surface area (Å²) in [6, 6.07) is 13.0. The molecule has 13 nitrogen and oxygen atoms in total. The van der Waals surface area contributed by atoms with Crippen molar-refractivity contribution < 1.29 is 42.7 Å². The topological polar surface area (TPSA) is 173 Å². The molecule has 2 aromatic carbocycles. The van der Waals surface area contributed by atoms with Crippen LogP contribution in [0.3, 0.4) is 0 Å². The molecule has 0 aliphatic heterocycles. The minimum Gasteiger partial charge on any atom is -0.479 e. The fourth-order valence-corrected chi connectivity index (χ4v) is 5.64. The summed E-state index contributed by atoms with van der Waals surface area (Å²) >= 11 is 0.939. The van der Waals surface area contributed by atoms with Gasteiger partial charge in [0, 0.05) is 35.2 Å². The summed E-state index contributed by atoms with van der Waals surface area (Å²) in [4.78, 5) is 54.5. The molecule has 4 aromatic rings. The van der Waals surface area contributed by atoms with Gasteiger partial charge >= 0.3 is 12.1 Å². The normalized spacial score (nSPS) is 10.7. The minimum atomic E-state index is -1.24. The highest BCUT2D eigenvalue weighted by atomic mass is 32.1. The van der Waals surface area contributed by atoms with Crippen molar-refractivity contribution in [1.82, 2.24) is 10.3 Å². The molecule has 0 atom stereocenters. The van der Waals surface area contributed by atoms with E-state index in [0.717, 1.165) is 28.4 Å². The SMILES string of the molecule is CCOC(=O)N(Cc1c(F)cccc1F)c1sc(-c2ccc([N+](=O)[O-])cc2)c(CNC)c1C(=O)Nc1cccc(OCC(=O)O)n1. The van der Waals surface area contributed by atoms with Crippen LogP contribution in [-0.4, -0.2) is 53.2 Å². The highest BCUT2D eigenvalue weighted by Crippen LogP contribution is 2.44. The molecule has 0 fully saturated rings. The van der Waals surface area contributed by atoms with Crippen molar-refractivity contribution in [3.8, 4) is 16.3 Å². The summed E-state index contributed by atoms with van der Waals surface area (Å²) < 4.78 is 40.0. The number of hydrogen-bond acceptors (Lipinski definition) is 10. The van der Waals surface area contributed by atoms with Crippen LogP contribution in [-0.2, 0) is 22.6 Å².